The average molecular weight is 442 g/mol. The predicted molar refractivity (Wildman–Crippen MR) is 130 cm³/mol. The molecule has 1 fully saturated rings. The van der Waals surface area contributed by atoms with Crippen LogP contribution in [0.1, 0.15) is 23.1 Å². The molecule has 0 amide bonds. The molecule has 0 aromatic heterocycles. The predicted octanol–water partition coefficient (Wildman–Crippen LogP) is 2.71. The number of aryl methyl sites for hydroxylation is 1. The van der Waals surface area contributed by atoms with Crippen molar-refractivity contribution in [2.75, 3.05) is 60.0 Å². The molecule has 2 N–H and O–H groups in total. The fourth-order valence-electron chi connectivity index (χ4n) is 4.11. The molecule has 0 radical (unpaired) electrons. The molecule has 2 aromatic rings. The van der Waals surface area contributed by atoms with Crippen LogP contribution in [0.25, 0.3) is 0 Å². The fourth-order valence-corrected chi connectivity index (χ4v) is 4.11. The Kier molecular flexibility index (Phi) is 9.81. The van der Waals surface area contributed by atoms with E-state index >= 15 is 0 Å². The monoisotopic (exact) mass is 441 g/mol. The van der Waals surface area contributed by atoms with E-state index in [-0.39, 0.29) is 6.61 Å². The number of likely N-dealkylation sites (N-methyl/N-ethyl adjacent to an activating group) is 1. The maximum Gasteiger partial charge on any atom is 0.161 e. The van der Waals surface area contributed by atoms with Crippen LogP contribution in [0.5, 0.6) is 11.5 Å². The van der Waals surface area contributed by atoms with E-state index in [0.717, 1.165) is 57.7 Å². The molecule has 2 aromatic carbocycles. The smallest absolute Gasteiger partial charge is 0.161 e. The minimum Gasteiger partial charge on any atom is -0.493 e. The molecule has 1 aliphatic rings. The van der Waals surface area contributed by atoms with Crippen molar-refractivity contribution in [1.82, 2.24) is 15.1 Å². The van der Waals surface area contributed by atoms with Crippen molar-refractivity contribution < 1.29 is 14.6 Å². The summed E-state index contributed by atoms with van der Waals surface area (Å²) in [7, 11) is 3.80. The lowest BCUT2D eigenvalue weighted by Crippen LogP contribution is -2.37. The Morgan fingerprint density at radius 3 is 2.72 bits per heavy atom. The van der Waals surface area contributed by atoms with Gasteiger partial charge in [0.25, 0.3) is 0 Å². The van der Waals surface area contributed by atoms with E-state index in [1.54, 1.807) is 7.11 Å². The molecule has 1 heterocycles. The molecule has 1 aliphatic heterocycles. The Hall–Kier alpha value is -2.12. The average Bonchev–Trinajstić information content (AvgIpc) is 3.00. The highest BCUT2D eigenvalue weighted by molar-refractivity contribution is 5.43. The molecule has 6 heteroatoms. The largest absolute Gasteiger partial charge is 0.493 e. The van der Waals surface area contributed by atoms with E-state index in [2.05, 4.69) is 59.4 Å². The SMILES string of the molecule is COc1ccc(CNCCc2ccccc2C)cc1OC[C@@H](O)CN1CCCN(C)CC1. The van der Waals surface area contributed by atoms with Gasteiger partial charge in [-0.1, -0.05) is 30.3 Å². The van der Waals surface area contributed by atoms with E-state index < -0.39 is 6.10 Å². The van der Waals surface area contributed by atoms with Crippen LogP contribution in [0.2, 0.25) is 0 Å². The van der Waals surface area contributed by atoms with Gasteiger partial charge in [0.05, 0.1) is 7.11 Å². The van der Waals surface area contributed by atoms with Gasteiger partial charge >= 0.3 is 0 Å². The summed E-state index contributed by atoms with van der Waals surface area (Å²) in [4.78, 5) is 4.66. The summed E-state index contributed by atoms with van der Waals surface area (Å²) >= 11 is 0. The van der Waals surface area contributed by atoms with Crippen molar-refractivity contribution in [1.29, 1.82) is 0 Å². The van der Waals surface area contributed by atoms with E-state index in [1.165, 1.54) is 11.1 Å². The number of methoxy groups -OCH3 is 1. The van der Waals surface area contributed by atoms with Crippen LogP contribution in [0.15, 0.2) is 42.5 Å². The van der Waals surface area contributed by atoms with Gasteiger partial charge in [-0.3, -0.25) is 4.90 Å². The highest BCUT2D eigenvalue weighted by atomic mass is 16.5. The number of aliphatic hydroxyl groups excluding tert-OH is 1. The van der Waals surface area contributed by atoms with Gasteiger partial charge in [0.1, 0.15) is 12.7 Å². The summed E-state index contributed by atoms with van der Waals surface area (Å²) in [6.45, 7) is 8.89. The minimum atomic E-state index is -0.529. The first-order chi connectivity index (χ1) is 15.5. The quantitative estimate of drug-likeness (QED) is 0.523. The number of hydrogen-bond donors (Lipinski definition) is 2. The van der Waals surface area contributed by atoms with E-state index in [1.807, 2.05) is 12.1 Å². The Labute approximate surface area is 193 Å². The molecule has 0 aliphatic carbocycles. The van der Waals surface area contributed by atoms with Gasteiger partial charge in [-0.15, -0.1) is 0 Å². The van der Waals surface area contributed by atoms with Crippen molar-refractivity contribution in [3.8, 4) is 11.5 Å². The van der Waals surface area contributed by atoms with Crippen molar-refractivity contribution in [2.24, 2.45) is 0 Å². The number of hydrogen-bond acceptors (Lipinski definition) is 6. The summed E-state index contributed by atoms with van der Waals surface area (Å²) in [6, 6.07) is 14.5. The highest BCUT2D eigenvalue weighted by Gasteiger charge is 2.17. The first-order valence-corrected chi connectivity index (χ1v) is 11.7. The third-order valence-electron chi connectivity index (χ3n) is 6.10. The lowest BCUT2D eigenvalue weighted by Gasteiger charge is -2.23. The van der Waals surface area contributed by atoms with Crippen molar-refractivity contribution in [3.63, 3.8) is 0 Å². The number of nitrogens with zero attached hydrogens (tertiary/aromatic N) is 2. The summed E-state index contributed by atoms with van der Waals surface area (Å²) in [6.07, 6.45) is 1.61. The summed E-state index contributed by atoms with van der Waals surface area (Å²) in [5, 5.41) is 14.0. The molecule has 0 saturated carbocycles. The van der Waals surface area contributed by atoms with Crippen molar-refractivity contribution in [2.45, 2.75) is 32.4 Å². The number of ether oxygens (including phenoxy) is 2. The molecule has 3 rings (SSSR count). The van der Waals surface area contributed by atoms with Crippen LogP contribution in [0.3, 0.4) is 0 Å². The molecule has 32 heavy (non-hydrogen) atoms. The van der Waals surface area contributed by atoms with Crippen LogP contribution < -0.4 is 14.8 Å². The first kappa shape index (κ1) is 24.5. The Bertz CT molecular complexity index is 830. The molecule has 176 valence electrons. The number of β-amino-alcohol motifs (C(OH)–C–C–N with tert-alkyl or cyclic N) is 1. The Morgan fingerprint density at radius 1 is 1.06 bits per heavy atom. The van der Waals surface area contributed by atoms with Crippen molar-refractivity contribution >= 4 is 0 Å². The normalized spacial score (nSPS) is 16.5. The molecule has 1 saturated heterocycles. The second-order valence-electron chi connectivity index (χ2n) is 8.76. The van der Waals surface area contributed by atoms with Crippen LogP contribution in [0, 0.1) is 6.92 Å². The van der Waals surface area contributed by atoms with Crippen LogP contribution in [0.4, 0.5) is 0 Å². The second kappa shape index (κ2) is 12.8. The zero-order valence-electron chi connectivity index (χ0n) is 19.8. The van der Waals surface area contributed by atoms with Gasteiger partial charge in [0.2, 0.25) is 0 Å². The minimum absolute atomic E-state index is 0.257. The topological polar surface area (TPSA) is 57.2 Å². The van der Waals surface area contributed by atoms with Gasteiger partial charge < -0.3 is 24.8 Å². The van der Waals surface area contributed by atoms with E-state index in [4.69, 9.17) is 9.47 Å². The maximum absolute atomic E-state index is 10.5. The molecule has 6 nitrogen and oxygen atoms in total. The van der Waals surface area contributed by atoms with Gasteiger partial charge in [0.15, 0.2) is 11.5 Å². The fraction of sp³-hybridized carbons (Fsp3) is 0.538. The van der Waals surface area contributed by atoms with Gasteiger partial charge in [-0.2, -0.15) is 0 Å². The molecular formula is C26H39N3O3. The Morgan fingerprint density at radius 2 is 1.91 bits per heavy atom. The Balaban J connectivity index is 1.46. The highest BCUT2D eigenvalue weighted by Crippen LogP contribution is 2.28. The molecule has 0 spiro atoms. The van der Waals surface area contributed by atoms with Crippen LogP contribution in [-0.4, -0.2) is 81.0 Å². The van der Waals surface area contributed by atoms with E-state index in [9.17, 15) is 5.11 Å². The van der Waals surface area contributed by atoms with Crippen LogP contribution >= 0.6 is 0 Å². The number of aliphatic hydroxyl groups is 1. The third-order valence-corrected chi connectivity index (χ3v) is 6.10. The standard InChI is InChI=1S/C26H39N3O3/c1-21-7-4-5-8-23(21)11-12-27-18-22-9-10-25(31-3)26(17-22)32-20-24(30)19-29-14-6-13-28(2)15-16-29/h4-5,7-10,17,24,27,30H,6,11-16,18-20H2,1-3H3/t24-/m0/s1. The lowest BCUT2D eigenvalue weighted by atomic mass is 10.1. The first-order valence-electron chi connectivity index (χ1n) is 11.7. The molecular weight excluding hydrogens is 402 g/mol. The molecule has 1 atom stereocenters. The second-order valence-corrected chi connectivity index (χ2v) is 8.76. The number of rotatable bonds is 11. The summed E-state index contributed by atoms with van der Waals surface area (Å²) < 4.78 is 11.4. The van der Waals surface area contributed by atoms with Gasteiger partial charge in [0, 0.05) is 26.2 Å². The zero-order chi connectivity index (χ0) is 22.8. The lowest BCUT2D eigenvalue weighted by molar-refractivity contribution is 0.0685. The van der Waals surface area contributed by atoms with Crippen molar-refractivity contribution in [3.05, 3.63) is 59.2 Å². The summed E-state index contributed by atoms with van der Waals surface area (Å²) in [5.74, 6) is 1.37. The number of nitrogens with one attached hydrogen (secondary N) is 1. The van der Waals surface area contributed by atoms with Gasteiger partial charge in [-0.05, 0) is 75.3 Å². The van der Waals surface area contributed by atoms with Gasteiger partial charge in [-0.25, -0.2) is 0 Å². The maximum atomic E-state index is 10.5. The summed E-state index contributed by atoms with van der Waals surface area (Å²) in [5.41, 5.74) is 3.85. The molecule has 0 bridgehead atoms. The molecule has 0 unspecified atom stereocenters. The van der Waals surface area contributed by atoms with E-state index in [0.29, 0.717) is 18.0 Å². The zero-order valence-corrected chi connectivity index (χ0v) is 19.8. The van der Waals surface area contributed by atoms with Crippen LogP contribution in [-0.2, 0) is 13.0 Å². The third kappa shape index (κ3) is 7.78. The number of benzene rings is 2.